The van der Waals surface area contributed by atoms with Gasteiger partial charge >= 0.3 is 0 Å². The zero-order chi connectivity index (χ0) is 11.2. The van der Waals surface area contributed by atoms with Crippen molar-refractivity contribution in [1.29, 1.82) is 0 Å². The molecule has 1 saturated heterocycles. The molecule has 1 aliphatic heterocycles. The van der Waals surface area contributed by atoms with Gasteiger partial charge in [-0.25, -0.2) is 0 Å². The van der Waals surface area contributed by atoms with Crippen molar-refractivity contribution in [3.8, 4) is 0 Å². The topological polar surface area (TPSA) is 44.3 Å². The van der Waals surface area contributed by atoms with Gasteiger partial charge in [0, 0.05) is 17.8 Å². The Bertz CT molecular complexity index is 321. The van der Waals surface area contributed by atoms with Gasteiger partial charge in [0.1, 0.15) is 0 Å². The summed E-state index contributed by atoms with van der Waals surface area (Å²) in [6.07, 6.45) is 2.56. The SMILES string of the molecule is OCc1ccccc1NCC1CCCNC1. The van der Waals surface area contributed by atoms with Crippen molar-refractivity contribution < 1.29 is 5.11 Å². The lowest BCUT2D eigenvalue weighted by Crippen LogP contribution is -2.33. The quantitative estimate of drug-likeness (QED) is 0.722. The van der Waals surface area contributed by atoms with Gasteiger partial charge in [-0.2, -0.15) is 0 Å². The summed E-state index contributed by atoms with van der Waals surface area (Å²) < 4.78 is 0. The van der Waals surface area contributed by atoms with Gasteiger partial charge in [0.2, 0.25) is 0 Å². The van der Waals surface area contributed by atoms with E-state index < -0.39 is 0 Å². The third kappa shape index (κ3) is 2.97. The maximum Gasteiger partial charge on any atom is 0.0701 e. The lowest BCUT2D eigenvalue weighted by atomic mass is 9.99. The van der Waals surface area contributed by atoms with Gasteiger partial charge in [-0.1, -0.05) is 18.2 Å². The second-order valence-corrected chi connectivity index (χ2v) is 4.41. The average Bonchev–Trinajstić information content (AvgIpc) is 2.38. The number of benzene rings is 1. The Hall–Kier alpha value is -1.06. The van der Waals surface area contributed by atoms with E-state index in [1.807, 2.05) is 24.3 Å². The fraction of sp³-hybridized carbons (Fsp3) is 0.538. The molecule has 1 aromatic rings. The fourth-order valence-corrected chi connectivity index (χ4v) is 2.18. The van der Waals surface area contributed by atoms with E-state index in [4.69, 9.17) is 0 Å². The Kier molecular flexibility index (Phi) is 4.19. The van der Waals surface area contributed by atoms with E-state index in [-0.39, 0.29) is 6.61 Å². The molecule has 0 aromatic heterocycles. The molecule has 3 heteroatoms. The molecule has 16 heavy (non-hydrogen) atoms. The molecule has 0 aliphatic carbocycles. The van der Waals surface area contributed by atoms with Crippen molar-refractivity contribution in [1.82, 2.24) is 5.32 Å². The number of anilines is 1. The summed E-state index contributed by atoms with van der Waals surface area (Å²) in [7, 11) is 0. The molecule has 88 valence electrons. The number of para-hydroxylation sites is 1. The third-order valence-corrected chi connectivity index (χ3v) is 3.17. The lowest BCUT2D eigenvalue weighted by molar-refractivity contribution is 0.282. The van der Waals surface area contributed by atoms with E-state index in [2.05, 4.69) is 10.6 Å². The first-order valence-electron chi connectivity index (χ1n) is 6.03. The van der Waals surface area contributed by atoms with Crippen molar-refractivity contribution in [2.45, 2.75) is 19.4 Å². The summed E-state index contributed by atoms with van der Waals surface area (Å²) in [4.78, 5) is 0. The number of hydrogen-bond donors (Lipinski definition) is 3. The van der Waals surface area contributed by atoms with Gasteiger partial charge in [-0.05, 0) is 37.9 Å². The number of nitrogens with one attached hydrogen (secondary N) is 2. The van der Waals surface area contributed by atoms with Crippen LogP contribution in [0, 0.1) is 5.92 Å². The van der Waals surface area contributed by atoms with Crippen LogP contribution in [-0.2, 0) is 6.61 Å². The van der Waals surface area contributed by atoms with Gasteiger partial charge in [0.05, 0.1) is 6.61 Å². The fourth-order valence-electron chi connectivity index (χ4n) is 2.18. The van der Waals surface area contributed by atoms with E-state index in [0.717, 1.165) is 30.9 Å². The molecule has 0 bridgehead atoms. The molecule has 0 saturated carbocycles. The molecule has 2 rings (SSSR count). The first-order valence-corrected chi connectivity index (χ1v) is 6.03. The third-order valence-electron chi connectivity index (χ3n) is 3.17. The predicted molar refractivity (Wildman–Crippen MR) is 66.4 cm³/mol. The van der Waals surface area contributed by atoms with Crippen molar-refractivity contribution >= 4 is 5.69 Å². The Morgan fingerprint density at radius 3 is 3.00 bits per heavy atom. The summed E-state index contributed by atoms with van der Waals surface area (Å²) in [5.41, 5.74) is 2.04. The second kappa shape index (κ2) is 5.87. The van der Waals surface area contributed by atoms with Crippen LogP contribution in [-0.4, -0.2) is 24.7 Å². The number of piperidine rings is 1. The van der Waals surface area contributed by atoms with Gasteiger partial charge in [0.15, 0.2) is 0 Å². The zero-order valence-electron chi connectivity index (χ0n) is 9.58. The molecule has 1 aliphatic rings. The maximum atomic E-state index is 9.20. The van der Waals surface area contributed by atoms with Crippen LogP contribution in [0.4, 0.5) is 5.69 Å². The normalized spacial score (nSPS) is 20.7. The molecule has 0 radical (unpaired) electrons. The molecule has 1 aromatic carbocycles. The highest BCUT2D eigenvalue weighted by atomic mass is 16.3. The van der Waals surface area contributed by atoms with Crippen molar-refractivity contribution in [3.05, 3.63) is 29.8 Å². The number of aliphatic hydroxyl groups excluding tert-OH is 1. The first kappa shape index (κ1) is 11.4. The lowest BCUT2D eigenvalue weighted by Gasteiger charge is -2.23. The molecule has 1 unspecified atom stereocenters. The monoisotopic (exact) mass is 220 g/mol. The van der Waals surface area contributed by atoms with Crippen LogP contribution in [0.15, 0.2) is 24.3 Å². The van der Waals surface area contributed by atoms with Crippen molar-refractivity contribution in [3.63, 3.8) is 0 Å². The smallest absolute Gasteiger partial charge is 0.0701 e. The molecular weight excluding hydrogens is 200 g/mol. The van der Waals surface area contributed by atoms with E-state index in [9.17, 15) is 5.11 Å². The Morgan fingerprint density at radius 2 is 2.25 bits per heavy atom. The minimum atomic E-state index is 0.103. The second-order valence-electron chi connectivity index (χ2n) is 4.41. The standard InChI is InChI=1S/C13H20N2O/c16-10-12-5-1-2-6-13(12)15-9-11-4-3-7-14-8-11/h1-2,5-6,11,14-16H,3-4,7-10H2. The minimum Gasteiger partial charge on any atom is -0.392 e. The number of rotatable bonds is 4. The molecule has 1 heterocycles. The van der Waals surface area contributed by atoms with Crippen molar-refractivity contribution in [2.75, 3.05) is 25.0 Å². The zero-order valence-corrected chi connectivity index (χ0v) is 9.58. The van der Waals surface area contributed by atoms with Gasteiger partial charge in [0.25, 0.3) is 0 Å². The van der Waals surface area contributed by atoms with Gasteiger partial charge in [-0.3, -0.25) is 0 Å². The largest absolute Gasteiger partial charge is 0.392 e. The highest BCUT2D eigenvalue weighted by molar-refractivity contribution is 5.50. The first-order chi connectivity index (χ1) is 7.90. The van der Waals surface area contributed by atoms with Crippen LogP contribution in [0.1, 0.15) is 18.4 Å². The predicted octanol–water partition coefficient (Wildman–Crippen LogP) is 1.59. The molecular formula is C13H20N2O. The summed E-state index contributed by atoms with van der Waals surface area (Å²) in [5, 5.41) is 16.0. The molecule has 1 atom stereocenters. The highest BCUT2D eigenvalue weighted by Gasteiger charge is 2.12. The average molecular weight is 220 g/mol. The molecule has 3 nitrogen and oxygen atoms in total. The molecule has 3 N–H and O–H groups in total. The Balaban J connectivity index is 1.88. The van der Waals surface area contributed by atoms with Crippen LogP contribution in [0.25, 0.3) is 0 Å². The van der Waals surface area contributed by atoms with Gasteiger partial charge in [-0.15, -0.1) is 0 Å². The minimum absolute atomic E-state index is 0.103. The molecule has 1 fully saturated rings. The summed E-state index contributed by atoms with van der Waals surface area (Å²) >= 11 is 0. The van der Waals surface area contributed by atoms with Crippen LogP contribution >= 0.6 is 0 Å². The Morgan fingerprint density at radius 1 is 1.38 bits per heavy atom. The van der Waals surface area contributed by atoms with Crippen LogP contribution in [0.5, 0.6) is 0 Å². The van der Waals surface area contributed by atoms with E-state index in [1.165, 1.54) is 12.8 Å². The van der Waals surface area contributed by atoms with Crippen LogP contribution in [0.3, 0.4) is 0 Å². The van der Waals surface area contributed by atoms with Gasteiger partial charge < -0.3 is 15.7 Å². The summed E-state index contributed by atoms with van der Waals surface area (Å²) in [6, 6.07) is 7.95. The summed E-state index contributed by atoms with van der Waals surface area (Å²) in [6.45, 7) is 3.36. The summed E-state index contributed by atoms with van der Waals surface area (Å²) in [5.74, 6) is 0.709. The Labute approximate surface area is 96.9 Å². The number of aliphatic hydroxyl groups is 1. The van der Waals surface area contributed by atoms with Crippen LogP contribution < -0.4 is 10.6 Å². The molecule has 0 spiro atoms. The highest BCUT2D eigenvalue weighted by Crippen LogP contribution is 2.17. The van der Waals surface area contributed by atoms with Crippen LogP contribution in [0.2, 0.25) is 0 Å². The number of hydrogen-bond acceptors (Lipinski definition) is 3. The molecule has 0 amide bonds. The van der Waals surface area contributed by atoms with E-state index >= 15 is 0 Å². The maximum absolute atomic E-state index is 9.20. The van der Waals surface area contributed by atoms with E-state index in [0.29, 0.717) is 5.92 Å². The van der Waals surface area contributed by atoms with Crippen molar-refractivity contribution in [2.24, 2.45) is 5.92 Å². The van der Waals surface area contributed by atoms with E-state index in [1.54, 1.807) is 0 Å².